The van der Waals surface area contributed by atoms with Crippen LogP contribution in [0.3, 0.4) is 0 Å². The SMILES string of the molecule is CCC(C)c1ccccc1SC(C(=O)O)C(=O)O. The fraction of sp³-hybridized carbons (Fsp3) is 0.385. The van der Waals surface area contributed by atoms with Gasteiger partial charge in [0, 0.05) is 4.90 Å². The van der Waals surface area contributed by atoms with Crippen LogP contribution in [0.15, 0.2) is 29.2 Å². The fourth-order valence-corrected chi connectivity index (χ4v) is 2.57. The second-order valence-corrected chi connectivity index (χ2v) is 5.17. The number of hydrogen-bond acceptors (Lipinski definition) is 3. The lowest BCUT2D eigenvalue weighted by molar-refractivity contribution is -0.146. The van der Waals surface area contributed by atoms with Crippen LogP contribution in [0.25, 0.3) is 0 Å². The summed E-state index contributed by atoms with van der Waals surface area (Å²) in [5, 5.41) is 16.3. The van der Waals surface area contributed by atoms with Gasteiger partial charge in [-0.3, -0.25) is 9.59 Å². The third-order valence-electron chi connectivity index (χ3n) is 2.76. The summed E-state index contributed by atoms with van der Waals surface area (Å²) in [6, 6.07) is 7.35. The highest BCUT2D eigenvalue weighted by molar-refractivity contribution is 8.01. The van der Waals surface area contributed by atoms with Crippen molar-refractivity contribution in [1.82, 2.24) is 0 Å². The van der Waals surface area contributed by atoms with E-state index in [9.17, 15) is 9.59 Å². The molecule has 18 heavy (non-hydrogen) atoms. The van der Waals surface area contributed by atoms with Crippen LogP contribution in [0, 0.1) is 0 Å². The molecule has 98 valence electrons. The van der Waals surface area contributed by atoms with Crippen molar-refractivity contribution >= 4 is 23.7 Å². The average molecular weight is 268 g/mol. The molecule has 0 aliphatic carbocycles. The van der Waals surface area contributed by atoms with Gasteiger partial charge in [0.15, 0.2) is 0 Å². The van der Waals surface area contributed by atoms with Crippen LogP contribution in [0.5, 0.6) is 0 Å². The maximum Gasteiger partial charge on any atom is 0.328 e. The Morgan fingerprint density at radius 2 is 1.78 bits per heavy atom. The Hall–Kier alpha value is -1.49. The first-order valence-corrected chi connectivity index (χ1v) is 6.56. The van der Waals surface area contributed by atoms with Crippen molar-refractivity contribution in [3.8, 4) is 0 Å². The molecule has 0 aliphatic heterocycles. The number of carboxylic acids is 2. The normalized spacial score (nSPS) is 12.4. The quantitative estimate of drug-likeness (QED) is 0.613. The summed E-state index contributed by atoms with van der Waals surface area (Å²) >= 11 is 0.876. The number of aliphatic carboxylic acids is 2. The lowest BCUT2D eigenvalue weighted by atomic mass is 9.99. The molecule has 0 aromatic heterocycles. The van der Waals surface area contributed by atoms with Crippen molar-refractivity contribution in [3.05, 3.63) is 29.8 Å². The fourth-order valence-electron chi connectivity index (χ4n) is 1.55. The van der Waals surface area contributed by atoms with Gasteiger partial charge in [0.05, 0.1) is 0 Å². The summed E-state index contributed by atoms with van der Waals surface area (Å²) < 4.78 is 0. The molecule has 1 atom stereocenters. The van der Waals surface area contributed by atoms with E-state index in [1.165, 1.54) is 0 Å². The van der Waals surface area contributed by atoms with Crippen LogP contribution >= 0.6 is 11.8 Å². The third-order valence-corrected chi connectivity index (χ3v) is 4.02. The first kappa shape index (κ1) is 14.6. The van der Waals surface area contributed by atoms with E-state index >= 15 is 0 Å². The zero-order chi connectivity index (χ0) is 13.7. The van der Waals surface area contributed by atoms with Gasteiger partial charge in [-0.2, -0.15) is 0 Å². The number of carbonyl (C=O) groups is 2. The predicted octanol–water partition coefficient (Wildman–Crippen LogP) is 2.83. The van der Waals surface area contributed by atoms with Gasteiger partial charge in [-0.25, -0.2) is 0 Å². The zero-order valence-corrected chi connectivity index (χ0v) is 11.1. The minimum atomic E-state index is -1.46. The molecule has 1 rings (SSSR count). The van der Waals surface area contributed by atoms with Gasteiger partial charge in [0.2, 0.25) is 5.25 Å². The van der Waals surface area contributed by atoms with Crippen LogP contribution in [0.4, 0.5) is 0 Å². The summed E-state index contributed by atoms with van der Waals surface area (Å²) in [5.74, 6) is -2.38. The Kier molecular flexibility index (Phi) is 5.22. The maximum absolute atomic E-state index is 10.9. The molecule has 4 nitrogen and oxygen atoms in total. The number of carboxylic acid groups (broad SMARTS) is 2. The Balaban J connectivity index is 3.02. The minimum absolute atomic E-state index is 0.275. The van der Waals surface area contributed by atoms with Gasteiger partial charge in [0.25, 0.3) is 0 Å². The monoisotopic (exact) mass is 268 g/mol. The van der Waals surface area contributed by atoms with Crippen LogP contribution < -0.4 is 0 Å². The summed E-state index contributed by atoms with van der Waals surface area (Å²) in [7, 11) is 0. The molecule has 0 aliphatic rings. The Morgan fingerprint density at radius 3 is 2.28 bits per heavy atom. The largest absolute Gasteiger partial charge is 0.480 e. The van der Waals surface area contributed by atoms with Crippen molar-refractivity contribution in [3.63, 3.8) is 0 Å². The van der Waals surface area contributed by atoms with E-state index in [2.05, 4.69) is 0 Å². The molecule has 0 bridgehead atoms. The van der Waals surface area contributed by atoms with Gasteiger partial charge < -0.3 is 10.2 Å². The van der Waals surface area contributed by atoms with Gasteiger partial charge in [-0.15, -0.1) is 0 Å². The lowest BCUT2D eigenvalue weighted by Crippen LogP contribution is -2.26. The molecule has 0 fully saturated rings. The minimum Gasteiger partial charge on any atom is -0.480 e. The van der Waals surface area contributed by atoms with Crippen LogP contribution in [-0.4, -0.2) is 27.4 Å². The van der Waals surface area contributed by atoms with Crippen LogP contribution in [-0.2, 0) is 9.59 Å². The Morgan fingerprint density at radius 1 is 1.22 bits per heavy atom. The van der Waals surface area contributed by atoms with E-state index in [0.717, 1.165) is 28.6 Å². The van der Waals surface area contributed by atoms with Crippen molar-refractivity contribution in [2.24, 2.45) is 0 Å². The molecule has 1 aromatic rings. The lowest BCUT2D eigenvalue weighted by Gasteiger charge is -2.15. The van der Waals surface area contributed by atoms with Crippen molar-refractivity contribution in [2.45, 2.75) is 36.3 Å². The second kappa shape index (κ2) is 6.44. The summed E-state index contributed by atoms with van der Waals surface area (Å²) in [4.78, 5) is 22.5. The van der Waals surface area contributed by atoms with E-state index < -0.39 is 17.2 Å². The molecular weight excluding hydrogens is 252 g/mol. The first-order chi connectivity index (χ1) is 8.47. The molecule has 0 saturated heterocycles. The summed E-state index contributed by atoms with van der Waals surface area (Å²) in [5.41, 5.74) is 0.998. The van der Waals surface area contributed by atoms with Crippen molar-refractivity contribution in [1.29, 1.82) is 0 Å². The number of hydrogen-bond donors (Lipinski definition) is 2. The van der Waals surface area contributed by atoms with E-state index in [1.54, 1.807) is 12.1 Å². The highest BCUT2D eigenvalue weighted by Crippen LogP contribution is 2.32. The van der Waals surface area contributed by atoms with E-state index in [4.69, 9.17) is 10.2 Å². The molecular formula is C13H16O4S. The standard InChI is InChI=1S/C13H16O4S/c1-3-8(2)9-6-4-5-7-10(9)18-11(12(14)15)13(16)17/h4-8,11H,3H2,1-2H3,(H,14,15)(H,16,17). The van der Waals surface area contributed by atoms with Crippen LogP contribution in [0.2, 0.25) is 0 Å². The summed E-state index contributed by atoms with van der Waals surface area (Å²) in [6.45, 7) is 4.08. The van der Waals surface area contributed by atoms with Gasteiger partial charge in [0.1, 0.15) is 0 Å². The third kappa shape index (κ3) is 3.50. The number of rotatable bonds is 6. The molecule has 0 radical (unpaired) electrons. The van der Waals surface area contributed by atoms with E-state index in [0.29, 0.717) is 0 Å². The van der Waals surface area contributed by atoms with E-state index in [1.807, 2.05) is 26.0 Å². The number of benzene rings is 1. The second-order valence-electron chi connectivity index (χ2n) is 4.02. The molecule has 0 saturated carbocycles. The molecule has 1 aromatic carbocycles. The predicted molar refractivity (Wildman–Crippen MR) is 70.1 cm³/mol. The topological polar surface area (TPSA) is 74.6 Å². The molecule has 0 heterocycles. The molecule has 5 heteroatoms. The smallest absolute Gasteiger partial charge is 0.328 e. The van der Waals surface area contributed by atoms with Gasteiger partial charge in [-0.05, 0) is 24.0 Å². The molecule has 0 amide bonds. The Bertz CT molecular complexity index is 430. The average Bonchev–Trinajstić information content (AvgIpc) is 2.34. The van der Waals surface area contributed by atoms with Gasteiger partial charge in [-0.1, -0.05) is 43.8 Å². The molecule has 1 unspecified atom stereocenters. The first-order valence-electron chi connectivity index (χ1n) is 5.68. The number of thioether (sulfide) groups is 1. The van der Waals surface area contributed by atoms with E-state index in [-0.39, 0.29) is 5.92 Å². The molecule has 2 N–H and O–H groups in total. The summed E-state index contributed by atoms with van der Waals surface area (Å²) in [6.07, 6.45) is 0.919. The Labute approximate surface area is 110 Å². The van der Waals surface area contributed by atoms with Crippen molar-refractivity contribution < 1.29 is 19.8 Å². The molecule has 0 spiro atoms. The van der Waals surface area contributed by atoms with Crippen LogP contribution in [0.1, 0.15) is 31.7 Å². The highest BCUT2D eigenvalue weighted by atomic mass is 32.2. The van der Waals surface area contributed by atoms with Gasteiger partial charge >= 0.3 is 11.9 Å². The zero-order valence-electron chi connectivity index (χ0n) is 10.3. The van der Waals surface area contributed by atoms with Crippen molar-refractivity contribution in [2.75, 3.05) is 0 Å². The highest BCUT2D eigenvalue weighted by Gasteiger charge is 2.28. The maximum atomic E-state index is 10.9.